The monoisotopic (exact) mass is 517 g/mol. The molecule has 0 aliphatic carbocycles. The molecule has 9 nitrogen and oxygen atoms in total. The Balaban J connectivity index is 1.31. The van der Waals surface area contributed by atoms with Crippen molar-refractivity contribution >= 4 is 34.1 Å². The summed E-state index contributed by atoms with van der Waals surface area (Å²) in [7, 11) is 0. The summed E-state index contributed by atoms with van der Waals surface area (Å²) in [6, 6.07) is 11.6. The first-order valence-electron chi connectivity index (χ1n) is 12.3. The van der Waals surface area contributed by atoms with Crippen LogP contribution in [-0.2, 0) is 26.3 Å². The van der Waals surface area contributed by atoms with Gasteiger partial charge in [0.1, 0.15) is 23.9 Å². The molecule has 3 heterocycles. The molecule has 0 atom stereocenters. The highest BCUT2D eigenvalue weighted by molar-refractivity contribution is 5.98. The number of amides is 2. The number of fused-ring (bicyclic) bond motifs is 1. The average molecular weight is 518 g/mol. The minimum Gasteiger partial charge on any atom is -0.456 e. The lowest BCUT2D eigenvalue weighted by molar-refractivity contribution is -0.125. The zero-order valence-corrected chi connectivity index (χ0v) is 21.4. The molecule has 1 aliphatic heterocycles. The normalized spacial score (nSPS) is 14.1. The van der Waals surface area contributed by atoms with E-state index in [9.17, 15) is 14.0 Å². The van der Waals surface area contributed by atoms with Crippen LogP contribution in [0.4, 0.5) is 15.8 Å². The van der Waals surface area contributed by atoms with Crippen LogP contribution in [0.2, 0.25) is 0 Å². The number of hydrogen-bond acceptors (Lipinski definition) is 6. The van der Waals surface area contributed by atoms with E-state index in [2.05, 4.69) is 15.4 Å². The van der Waals surface area contributed by atoms with E-state index in [1.807, 2.05) is 39.0 Å². The standard InChI is InChI=1S/C28H28FN5O4/c1-28(2,3)34-16-19(15-31-34)32-26(35)12-18-4-6-21(14-23(18)29)38-25-8-9-30-24-7-5-20(13-22(24)25)33-10-11-37-17-27(33)36/h4-9,13-16H,10-12,17H2,1-3H3,(H,32,35). The van der Waals surface area contributed by atoms with Crippen LogP contribution in [0.1, 0.15) is 26.3 Å². The third kappa shape index (κ3) is 5.50. The number of nitrogens with one attached hydrogen (secondary N) is 1. The molecule has 0 spiro atoms. The Morgan fingerprint density at radius 1 is 1.18 bits per heavy atom. The minimum atomic E-state index is -0.555. The van der Waals surface area contributed by atoms with Crippen LogP contribution in [0.15, 0.2) is 61.1 Å². The van der Waals surface area contributed by atoms with Crippen molar-refractivity contribution in [2.75, 3.05) is 30.0 Å². The van der Waals surface area contributed by atoms with Gasteiger partial charge in [0.05, 0.1) is 36.0 Å². The number of morpholine rings is 1. The molecule has 0 saturated carbocycles. The predicted molar refractivity (Wildman–Crippen MR) is 141 cm³/mol. The molecule has 1 aliphatic rings. The molecule has 196 valence electrons. The molecular weight excluding hydrogens is 489 g/mol. The van der Waals surface area contributed by atoms with Gasteiger partial charge in [0.25, 0.3) is 5.91 Å². The maximum absolute atomic E-state index is 14.9. The number of carbonyl (C=O) groups is 2. The van der Waals surface area contributed by atoms with Crippen molar-refractivity contribution in [3.8, 4) is 11.5 Å². The molecule has 38 heavy (non-hydrogen) atoms. The lowest BCUT2D eigenvalue weighted by atomic mass is 10.1. The summed E-state index contributed by atoms with van der Waals surface area (Å²) in [5.74, 6) is -0.277. The molecule has 10 heteroatoms. The van der Waals surface area contributed by atoms with E-state index in [1.54, 1.807) is 40.3 Å². The Kier molecular flexibility index (Phi) is 6.81. The number of benzene rings is 2. The first-order valence-corrected chi connectivity index (χ1v) is 12.3. The van der Waals surface area contributed by atoms with Crippen LogP contribution in [0, 0.1) is 5.82 Å². The van der Waals surface area contributed by atoms with Gasteiger partial charge in [-0.3, -0.25) is 19.3 Å². The van der Waals surface area contributed by atoms with Crippen LogP contribution in [-0.4, -0.2) is 46.3 Å². The summed E-state index contributed by atoms with van der Waals surface area (Å²) in [5.41, 5.74) is 1.96. The Morgan fingerprint density at radius 2 is 2.03 bits per heavy atom. The quantitative estimate of drug-likeness (QED) is 0.399. The predicted octanol–water partition coefficient (Wildman–Crippen LogP) is 4.66. The van der Waals surface area contributed by atoms with Crippen LogP contribution in [0.3, 0.4) is 0 Å². The third-order valence-corrected chi connectivity index (χ3v) is 6.14. The molecular formula is C28H28FN5O4. The largest absolute Gasteiger partial charge is 0.456 e. The fourth-order valence-corrected chi connectivity index (χ4v) is 4.15. The van der Waals surface area contributed by atoms with Crippen molar-refractivity contribution in [3.63, 3.8) is 0 Å². The second kappa shape index (κ2) is 10.2. The van der Waals surface area contributed by atoms with Gasteiger partial charge in [0.15, 0.2) is 0 Å². The van der Waals surface area contributed by atoms with Crippen molar-refractivity contribution in [1.82, 2.24) is 14.8 Å². The molecule has 1 saturated heterocycles. The molecule has 1 N–H and O–H groups in total. The second-order valence-electron chi connectivity index (χ2n) is 10.0. The fraction of sp³-hybridized carbons (Fsp3) is 0.286. The van der Waals surface area contributed by atoms with Crippen molar-refractivity contribution in [2.24, 2.45) is 0 Å². The zero-order chi connectivity index (χ0) is 26.9. The smallest absolute Gasteiger partial charge is 0.253 e. The zero-order valence-electron chi connectivity index (χ0n) is 21.4. The Bertz CT molecular complexity index is 1510. The molecule has 5 rings (SSSR count). The molecule has 2 aromatic heterocycles. The summed E-state index contributed by atoms with van der Waals surface area (Å²) < 4.78 is 27.9. The van der Waals surface area contributed by atoms with Crippen molar-refractivity contribution in [2.45, 2.75) is 32.7 Å². The number of nitrogens with zero attached hydrogens (tertiary/aromatic N) is 4. The van der Waals surface area contributed by atoms with Crippen molar-refractivity contribution in [3.05, 3.63) is 72.4 Å². The van der Waals surface area contributed by atoms with Gasteiger partial charge in [-0.05, 0) is 56.7 Å². The fourth-order valence-electron chi connectivity index (χ4n) is 4.15. The number of pyridine rings is 1. The average Bonchev–Trinajstić information content (AvgIpc) is 3.35. The topological polar surface area (TPSA) is 98.6 Å². The van der Waals surface area contributed by atoms with Crippen molar-refractivity contribution in [1.29, 1.82) is 0 Å². The highest BCUT2D eigenvalue weighted by Crippen LogP contribution is 2.32. The number of ether oxygens (including phenoxy) is 2. The number of hydrogen-bond donors (Lipinski definition) is 1. The van der Waals surface area contributed by atoms with Crippen LogP contribution >= 0.6 is 0 Å². The third-order valence-electron chi connectivity index (χ3n) is 6.14. The summed E-state index contributed by atoms with van der Waals surface area (Å²) >= 11 is 0. The molecule has 0 unspecified atom stereocenters. The van der Waals surface area contributed by atoms with E-state index in [-0.39, 0.29) is 41.7 Å². The summed E-state index contributed by atoms with van der Waals surface area (Å²) in [6.07, 6.45) is 4.77. The number of aromatic nitrogens is 3. The molecule has 4 aromatic rings. The van der Waals surface area contributed by atoms with Gasteiger partial charge in [0, 0.05) is 36.1 Å². The van der Waals surface area contributed by atoms with E-state index in [1.165, 1.54) is 12.1 Å². The van der Waals surface area contributed by atoms with Gasteiger partial charge in [-0.15, -0.1) is 0 Å². The maximum Gasteiger partial charge on any atom is 0.253 e. The van der Waals surface area contributed by atoms with Crippen LogP contribution < -0.4 is 15.0 Å². The summed E-state index contributed by atoms with van der Waals surface area (Å²) in [6.45, 7) is 6.97. The van der Waals surface area contributed by atoms with Gasteiger partial charge in [0.2, 0.25) is 5.91 Å². The first-order chi connectivity index (χ1) is 18.2. The van der Waals surface area contributed by atoms with E-state index in [0.717, 1.165) is 0 Å². The Labute approximate surface area is 219 Å². The van der Waals surface area contributed by atoms with Gasteiger partial charge >= 0.3 is 0 Å². The minimum absolute atomic E-state index is 0.0403. The molecule has 0 bridgehead atoms. The number of anilines is 2. The maximum atomic E-state index is 14.9. The summed E-state index contributed by atoms with van der Waals surface area (Å²) in [5, 5.41) is 7.70. The highest BCUT2D eigenvalue weighted by Gasteiger charge is 2.21. The molecule has 2 amide bonds. The molecule has 2 aromatic carbocycles. The van der Waals surface area contributed by atoms with Gasteiger partial charge in [-0.2, -0.15) is 5.10 Å². The Hall–Kier alpha value is -4.31. The van der Waals surface area contributed by atoms with Crippen LogP contribution in [0.5, 0.6) is 11.5 Å². The van der Waals surface area contributed by atoms with E-state index in [4.69, 9.17) is 9.47 Å². The number of carbonyl (C=O) groups excluding carboxylic acids is 2. The lowest BCUT2D eigenvalue weighted by Gasteiger charge is -2.27. The second-order valence-corrected chi connectivity index (χ2v) is 10.0. The Morgan fingerprint density at radius 3 is 2.76 bits per heavy atom. The van der Waals surface area contributed by atoms with Gasteiger partial charge < -0.3 is 19.7 Å². The number of halogens is 1. The first kappa shape index (κ1) is 25.3. The van der Waals surface area contributed by atoms with Gasteiger partial charge in [-0.25, -0.2) is 4.39 Å². The van der Waals surface area contributed by atoms with Crippen LogP contribution in [0.25, 0.3) is 10.9 Å². The summed E-state index contributed by atoms with van der Waals surface area (Å²) in [4.78, 5) is 30.8. The van der Waals surface area contributed by atoms with Crippen molar-refractivity contribution < 1.29 is 23.5 Å². The SMILES string of the molecule is CC(C)(C)n1cc(NC(=O)Cc2ccc(Oc3ccnc4ccc(N5CCOCC5=O)cc34)cc2F)cn1. The molecule has 0 radical (unpaired) electrons. The van der Waals surface area contributed by atoms with E-state index in [0.29, 0.717) is 41.2 Å². The van der Waals surface area contributed by atoms with Gasteiger partial charge in [-0.1, -0.05) is 6.07 Å². The molecule has 1 fully saturated rings. The van der Waals surface area contributed by atoms with E-state index >= 15 is 0 Å². The lowest BCUT2D eigenvalue weighted by Crippen LogP contribution is -2.41. The highest BCUT2D eigenvalue weighted by atomic mass is 19.1. The number of rotatable bonds is 6. The van der Waals surface area contributed by atoms with E-state index < -0.39 is 5.82 Å².